The lowest BCUT2D eigenvalue weighted by Crippen LogP contribution is -2.00. The van der Waals surface area contributed by atoms with E-state index in [0.29, 0.717) is 18.2 Å². The molecule has 0 bridgehead atoms. The molecule has 5 nitrogen and oxygen atoms in total. The molecule has 2 aromatic heterocycles. The Morgan fingerprint density at radius 1 is 1.00 bits per heavy atom. The Labute approximate surface area is 174 Å². The second-order valence-electron chi connectivity index (χ2n) is 6.75. The molecule has 4 rings (SSSR count). The minimum atomic E-state index is 0.640. The van der Waals surface area contributed by atoms with Gasteiger partial charge >= 0.3 is 0 Å². The SMILES string of the molecule is CCOc1ccc(-n2c(SCc3ccc(C)c(C)c3)nnc2-c2ccco2)cc1. The van der Waals surface area contributed by atoms with Crippen molar-refractivity contribution in [2.24, 2.45) is 0 Å². The molecule has 0 atom stereocenters. The molecule has 29 heavy (non-hydrogen) atoms. The summed E-state index contributed by atoms with van der Waals surface area (Å²) in [5.41, 5.74) is 4.83. The van der Waals surface area contributed by atoms with E-state index in [4.69, 9.17) is 9.15 Å². The summed E-state index contributed by atoms with van der Waals surface area (Å²) in [5.74, 6) is 3.02. The van der Waals surface area contributed by atoms with Crippen LogP contribution < -0.4 is 4.74 Å². The Kier molecular flexibility index (Phi) is 5.71. The lowest BCUT2D eigenvalue weighted by molar-refractivity contribution is 0.340. The Morgan fingerprint density at radius 2 is 1.83 bits per heavy atom. The van der Waals surface area contributed by atoms with Crippen molar-refractivity contribution >= 4 is 11.8 Å². The zero-order chi connectivity index (χ0) is 20.2. The van der Waals surface area contributed by atoms with E-state index in [1.54, 1.807) is 18.0 Å². The van der Waals surface area contributed by atoms with Gasteiger partial charge in [-0.05, 0) is 73.9 Å². The highest BCUT2D eigenvalue weighted by molar-refractivity contribution is 7.98. The lowest BCUT2D eigenvalue weighted by atomic mass is 10.1. The van der Waals surface area contributed by atoms with Gasteiger partial charge in [0.15, 0.2) is 10.9 Å². The van der Waals surface area contributed by atoms with Crippen LogP contribution in [0.25, 0.3) is 17.3 Å². The molecule has 148 valence electrons. The summed E-state index contributed by atoms with van der Waals surface area (Å²) in [4.78, 5) is 0. The highest BCUT2D eigenvalue weighted by Crippen LogP contribution is 2.31. The molecule has 0 amide bonds. The largest absolute Gasteiger partial charge is 0.494 e. The molecule has 0 radical (unpaired) electrons. The van der Waals surface area contributed by atoms with Crippen LogP contribution in [-0.2, 0) is 5.75 Å². The number of ether oxygens (including phenoxy) is 1. The molecule has 0 aliphatic carbocycles. The number of aryl methyl sites for hydroxylation is 2. The van der Waals surface area contributed by atoms with Gasteiger partial charge in [0.05, 0.1) is 18.6 Å². The fourth-order valence-corrected chi connectivity index (χ4v) is 3.96. The van der Waals surface area contributed by atoms with Crippen molar-refractivity contribution in [2.75, 3.05) is 6.61 Å². The van der Waals surface area contributed by atoms with Crippen LogP contribution in [0.1, 0.15) is 23.6 Å². The normalized spacial score (nSPS) is 11.0. The van der Waals surface area contributed by atoms with Crippen molar-refractivity contribution in [3.05, 3.63) is 77.6 Å². The van der Waals surface area contributed by atoms with E-state index < -0.39 is 0 Å². The van der Waals surface area contributed by atoms with Crippen LogP contribution in [0.15, 0.2) is 70.4 Å². The molecule has 6 heteroatoms. The molecular formula is C23H23N3O2S. The number of nitrogens with zero attached hydrogens (tertiary/aromatic N) is 3. The predicted molar refractivity (Wildman–Crippen MR) is 116 cm³/mol. The Morgan fingerprint density at radius 3 is 2.52 bits per heavy atom. The number of hydrogen-bond acceptors (Lipinski definition) is 5. The van der Waals surface area contributed by atoms with Crippen LogP contribution in [0.5, 0.6) is 5.75 Å². The molecule has 0 fully saturated rings. The third-order valence-corrected chi connectivity index (χ3v) is 5.72. The molecule has 0 spiro atoms. The molecule has 0 saturated heterocycles. The zero-order valence-corrected chi connectivity index (χ0v) is 17.6. The first-order valence-corrected chi connectivity index (χ1v) is 10.6. The Hall–Kier alpha value is -2.99. The lowest BCUT2D eigenvalue weighted by Gasteiger charge is -2.11. The van der Waals surface area contributed by atoms with Gasteiger partial charge in [0.1, 0.15) is 5.75 Å². The number of aromatic nitrogens is 3. The molecule has 0 unspecified atom stereocenters. The van der Waals surface area contributed by atoms with E-state index in [0.717, 1.165) is 22.3 Å². The third-order valence-electron chi connectivity index (χ3n) is 4.72. The summed E-state index contributed by atoms with van der Waals surface area (Å²) >= 11 is 1.66. The molecule has 0 saturated carbocycles. The van der Waals surface area contributed by atoms with Crippen molar-refractivity contribution < 1.29 is 9.15 Å². The summed E-state index contributed by atoms with van der Waals surface area (Å²) in [5, 5.41) is 9.67. The third kappa shape index (κ3) is 4.22. The van der Waals surface area contributed by atoms with Gasteiger partial charge in [-0.15, -0.1) is 10.2 Å². The van der Waals surface area contributed by atoms with E-state index in [-0.39, 0.29) is 0 Å². The van der Waals surface area contributed by atoms with Gasteiger partial charge < -0.3 is 9.15 Å². The van der Waals surface area contributed by atoms with E-state index in [1.807, 2.05) is 47.9 Å². The smallest absolute Gasteiger partial charge is 0.205 e. The van der Waals surface area contributed by atoms with Gasteiger partial charge in [0.2, 0.25) is 5.82 Å². The Balaban J connectivity index is 1.67. The van der Waals surface area contributed by atoms with Gasteiger partial charge in [0.25, 0.3) is 0 Å². The highest BCUT2D eigenvalue weighted by atomic mass is 32.2. The van der Waals surface area contributed by atoms with Crippen molar-refractivity contribution in [3.8, 4) is 23.0 Å². The van der Waals surface area contributed by atoms with Crippen molar-refractivity contribution in [1.29, 1.82) is 0 Å². The van der Waals surface area contributed by atoms with Crippen LogP contribution >= 0.6 is 11.8 Å². The van der Waals surface area contributed by atoms with E-state index in [1.165, 1.54) is 16.7 Å². The van der Waals surface area contributed by atoms with Crippen LogP contribution in [0, 0.1) is 13.8 Å². The quantitative estimate of drug-likeness (QED) is 0.362. The summed E-state index contributed by atoms with van der Waals surface area (Å²) < 4.78 is 13.2. The fraction of sp³-hybridized carbons (Fsp3) is 0.217. The van der Waals surface area contributed by atoms with Gasteiger partial charge in [-0.3, -0.25) is 4.57 Å². The van der Waals surface area contributed by atoms with E-state index in [2.05, 4.69) is 42.2 Å². The topological polar surface area (TPSA) is 53.1 Å². The van der Waals surface area contributed by atoms with Crippen LogP contribution in [0.3, 0.4) is 0 Å². The molecule has 0 aliphatic rings. The van der Waals surface area contributed by atoms with Gasteiger partial charge in [-0.1, -0.05) is 30.0 Å². The van der Waals surface area contributed by atoms with Gasteiger partial charge in [-0.25, -0.2) is 0 Å². The molecule has 2 heterocycles. The highest BCUT2D eigenvalue weighted by Gasteiger charge is 2.18. The van der Waals surface area contributed by atoms with Crippen molar-refractivity contribution in [3.63, 3.8) is 0 Å². The van der Waals surface area contributed by atoms with Crippen LogP contribution in [-0.4, -0.2) is 21.4 Å². The zero-order valence-electron chi connectivity index (χ0n) is 16.8. The molecule has 4 aromatic rings. The number of thioether (sulfide) groups is 1. The summed E-state index contributed by atoms with van der Waals surface area (Å²) in [6.07, 6.45) is 1.65. The minimum Gasteiger partial charge on any atom is -0.494 e. The second kappa shape index (κ2) is 8.57. The second-order valence-corrected chi connectivity index (χ2v) is 7.70. The predicted octanol–water partition coefficient (Wildman–Crippen LogP) is 5.84. The monoisotopic (exact) mass is 405 g/mol. The van der Waals surface area contributed by atoms with Crippen LogP contribution in [0.2, 0.25) is 0 Å². The first kappa shape index (κ1) is 19.3. The average molecular weight is 406 g/mol. The molecule has 2 aromatic carbocycles. The maximum absolute atomic E-state index is 5.59. The summed E-state index contributed by atoms with van der Waals surface area (Å²) in [7, 11) is 0. The van der Waals surface area contributed by atoms with Crippen LogP contribution in [0.4, 0.5) is 0 Å². The van der Waals surface area contributed by atoms with Gasteiger partial charge in [-0.2, -0.15) is 0 Å². The summed E-state index contributed by atoms with van der Waals surface area (Å²) in [6, 6.07) is 18.3. The van der Waals surface area contributed by atoms with E-state index >= 15 is 0 Å². The maximum atomic E-state index is 5.59. The van der Waals surface area contributed by atoms with Crippen molar-refractivity contribution in [1.82, 2.24) is 14.8 Å². The van der Waals surface area contributed by atoms with Crippen molar-refractivity contribution in [2.45, 2.75) is 31.7 Å². The maximum Gasteiger partial charge on any atom is 0.205 e. The molecular weight excluding hydrogens is 382 g/mol. The minimum absolute atomic E-state index is 0.640. The van der Waals surface area contributed by atoms with Gasteiger partial charge in [0, 0.05) is 5.75 Å². The number of furan rings is 1. The average Bonchev–Trinajstić information content (AvgIpc) is 3.39. The number of benzene rings is 2. The molecule has 0 aliphatic heterocycles. The summed E-state index contributed by atoms with van der Waals surface area (Å²) in [6.45, 7) is 6.89. The Bertz CT molecular complexity index is 1090. The molecule has 0 N–H and O–H groups in total. The fourth-order valence-electron chi connectivity index (χ4n) is 3.06. The standard InChI is InChI=1S/C23H23N3O2S/c1-4-27-20-11-9-19(10-12-20)26-22(21-6-5-13-28-21)24-25-23(26)29-15-18-8-7-16(2)17(3)14-18/h5-14H,4,15H2,1-3H3. The number of hydrogen-bond donors (Lipinski definition) is 0. The first-order valence-electron chi connectivity index (χ1n) is 9.57. The first-order chi connectivity index (χ1) is 14.2. The number of rotatable bonds is 7. The van der Waals surface area contributed by atoms with E-state index in [9.17, 15) is 0 Å².